The summed E-state index contributed by atoms with van der Waals surface area (Å²) in [5.41, 5.74) is 0.792. The predicted octanol–water partition coefficient (Wildman–Crippen LogP) is 1.51. The van der Waals surface area contributed by atoms with Crippen LogP contribution in [0.5, 0.6) is 0 Å². The number of carbonyl (C=O) groups excluding carboxylic acids is 1. The molecular formula is C13H13Cl2N3O4. The third kappa shape index (κ3) is 3.01. The van der Waals surface area contributed by atoms with E-state index >= 15 is 0 Å². The zero-order valence-electron chi connectivity index (χ0n) is 11.7. The topological polar surface area (TPSA) is 104 Å². The van der Waals surface area contributed by atoms with Crippen LogP contribution in [0.2, 0.25) is 10.0 Å². The average Bonchev–Trinajstić information content (AvgIpc) is 2.71. The van der Waals surface area contributed by atoms with Gasteiger partial charge in [-0.15, -0.1) is 0 Å². The number of aliphatic hydroxyl groups is 1. The minimum atomic E-state index is -1.44. The molecule has 2 aromatic heterocycles. The highest BCUT2D eigenvalue weighted by Crippen LogP contribution is 2.24. The Morgan fingerprint density at radius 1 is 1.41 bits per heavy atom. The molecule has 2 atom stereocenters. The maximum Gasteiger partial charge on any atom is 0.328 e. The normalized spacial score (nSPS) is 13.9. The highest BCUT2D eigenvalue weighted by molar-refractivity contribution is 6.36. The van der Waals surface area contributed by atoms with Crippen molar-refractivity contribution in [2.45, 2.75) is 26.0 Å². The number of hydrogen-bond acceptors (Lipinski definition) is 4. The van der Waals surface area contributed by atoms with Gasteiger partial charge in [0.1, 0.15) is 5.69 Å². The van der Waals surface area contributed by atoms with Crippen LogP contribution in [-0.4, -0.2) is 43.6 Å². The lowest BCUT2D eigenvalue weighted by Crippen LogP contribution is -2.48. The lowest BCUT2D eigenvalue weighted by molar-refractivity contribution is -0.141. The number of halogens is 2. The number of amides is 1. The number of carbonyl (C=O) groups is 2. The summed E-state index contributed by atoms with van der Waals surface area (Å²) < 4.78 is 1.39. The molecule has 2 rings (SSSR count). The summed E-state index contributed by atoms with van der Waals surface area (Å²) in [5, 5.41) is 21.3. The molecular weight excluding hydrogens is 333 g/mol. The van der Waals surface area contributed by atoms with E-state index in [2.05, 4.69) is 10.3 Å². The van der Waals surface area contributed by atoms with Gasteiger partial charge in [-0.2, -0.15) is 0 Å². The average molecular weight is 346 g/mol. The molecule has 2 aromatic rings. The molecule has 1 amide bonds. The summed E-state index contributed by atoms with van der Waals surface area (Å²) in [7, 11) is 0. The summed E-state index contributed by atoms with van der Waals surface area (Å²) >= 11 is 11.9. The van der Waals surface area contributed by atoms with Crippen LogP contribution in [0, 0.1) is 6.92 Å². The fourth-order valence-corrected chi connectivity index (χ4v) is 2.57. The first kappa shape index (κ1) is 16.5. The van der Waals surface area contributed by atoms with E-state index in [4.69, 9.17) is 28.3 Å². The Kier molecular flexibility index (Phi) is 4.60. The summed E-state index contributed by atoms with van der Waals surface area (Å²) in [6.07, 6.45) is 0.198. The SMILES string of the molecule is Cc1nc2c(Cl)cc(Cl)cn2c1C(=O)NC(C(=O)O)C(C)O. The number of nitrogens with one attached hydrogen (secondary N) is 1. The van der Waals surface area contributed by atoms with E-state index in [-0.39, 0.29) is 10.7 Å². The molecule has 0 saturated heterocycles. The molecule has 0 aliphatic heterocycles. The van der Waals surface area contributed by atoms with Crippen LogP contribution in [0.4, 0.5) is 0 Å². The molecule has 0 spiro atoms. The molecule has 0 radical (unpaired) electrons. The van der Waals surface area contributed by atoms with Gasteiger partial charge >= 0.3 is 5.97 Å². The summed E-state index contributed by atoms with van der Waals surface area (Å²) in [6, 6.07) is 0.0506. The van der Waals surface area contributed by atoms with Crippen LogP contribution in [-0.2, 0) is 4.79 Å². The van der Waals surface area contributed by atoms with E-state index in [1.807, 2.05) is 0 Å². The van der Waals surface area contributed by atoms with Crippen molar-refractivity contribution in [3.63, 3.8) is 0 Å². The first-order valence-corrected chi connectivity index (χ1v) is 7.03. The van der Waals surface area contributed by atoms with E-state index < -0.39 is 24.0 Å². The number of fused-ring (bicyclic) bond motifs is 1. The van der Waals surface area contributed by atoms with E-state index in [0.29, 0.717) is 16.4 Å². The fourth-order valence-electron chi connectivity index (χ4n) is 2.06. The number of aromatic nitrogens is 2. The molecule has 0 bridgehead atoms. The van der Waals surface area contributed by atoms with Gasteiger partial charge in [0, 0.05) is 6.20 Å². The zero-order chi connectivity index (χ0) is 16.6. The van der Waals surface area contributed by atoms with Gasteiger partial charge in [0.2, 0.25) is 0 Å². The Morgan fingerprint density at radius 2 is 2.05 bits per heavy atom. The van der Waals surface area contributed by atoms with Crippen LogP contribution in [0.1, 0.15) is 23.1 Å². The highest BCUT2D eigenvalue weighted by atomic mass is 35.5. The minimum absolute atomic E-state index is 0.103. The second-order valence-electron chi connectivity index (χ2n) is 4.78. The smallest absolute Gasteiger partial charge is 0.328 e. The standard InChI is InChI=1S/C13H13Cl2N3O4/c1-5-10(12(20)17-9(6(2)19)13(21)22)18-4-7(14)3-8(15)11(18)16-5/h3-4,6,9,19H,1-2H3,(H,17,20)(H,21,22). The number of carboxylic acid groups (broad SMARTS) is 1. The Hall–Kier alpha value is -1.83. The first-order chi connectivity index (χ1) is 10.2. The van der Waals surface area contributed by atoms with Gasteiger partial charge in [0.15, 0.2) is 11.7 Å². The third-order valence-corrected chi connectivity index (χ3v) is 3.55. The Morgan fingerprint density at radius 3 is 2.59 bits per heavy atom. The number of imidazole rings is 1. The number of pyridine rings is 1. The van der Waals surface area contributed by atoms with Crippen LogP contribution >= 0.6 is 23.2 Å². The molecule has 9 heteroatoms. The number of aliphatic carboxylic acids is 1. The molecule has 2 heterocycles. The van der Waals surface area contributed by atoms with Gasteiger partial charge in [0.05, 0.1) is 21.8 Å². The fraction of sp³-hybridized carbons (Fsp3) is 0.308. The van der Waals surface area contributed by atoms with E-state index in [1.54, 1.807) is 6.92 Å². The van der Waals surface area contributed by atoms with Crippen molar-refractivity contribution in [1.82, 2.24) is 14.7 Å². The van der Waals surface area contributed by atoms with Gasteiger partial charge in [-0.3, -0.25) is 9.20 Å². The second kappa shape index (κ2) is 6.12. The quantitative estimate of drug-likeness (QED) is 0.779. The third-order valence-electron chi connectivity index (χ3n) is 3.07. The molecule has 22 heavy (non-hydrogen) atoms. The van der Waals surface area contributed by atoms with E-state index in [0.717, 1.165) is 0 Å². The maximum atomic E-state index is 12.3. The molecule has 0 aliphatic rings. The van der Waals surface area contributed by atoms with Crippen molar-refractivity contribution in [2.75, 3.05) is 0 Å². The van der Waals surface area contributed by atoms with Crippen molar-refractivity contribution in [1.29, 1.82) is 0 Å². The zero-order valence-corrected chi connectivity index (χ0v) is 13.2. The van der Waals surface area contributed by atoms with E-state index in [9.17, 15) is 14.7 Å². The highest BCUT2D eigenvalue weighted by Gasteiger charge is 2.28. The summed E-state index contributed by atoms with van der Waals surface area (Å²) in [5.74, 6) is -2.04. The number of aryl methyl sites for hydroxylation is 1. The van der Waals surface area contributed by atoms with Gasteiger partial charge in [0.25, 0.3) is 5.91 Å². The Bertz CT molecular complexity index is 757. The van der Waals surface area contributed by atoms with Crippen LogP contribution < -0.4 is 5.32 Å². The number of rotatable bonds is 4. The number of carboxylic acids is 1. The molecule has 0 aromatic carbocycles. The van der Waals surface area contributed by atoms with Crippen molar-refractivity contribution >= 4 is 40.7 Å². The van der Waals surface area contributed by atoms with Gasteiger partial charge in [-0.05, 0) is 19.9 Å². The number of nitrogens with zero attached hydrogens (tertiary/aromatic N) is 2. The predicted molar refractivity (Wildman–Crippen MR) is 80.5 cm³/mol. The van der Waals surface area contributed by atoms with E-state index in [1.165, 1.54) is 23.6 Å². The molecule has 0 fully saturated rings. The molecule has 0 aliphatic carbocycles. The van der Waals surface area contributed by atoms with Gasteiger partial charge < -0.3 is 15.5 Å². The molecule has 2 unspecified atom stereocenters. The Labute approximate surface area is 135 Å². The van der Waals surface area contributed by atoms with Crippen molar-refractivity contribution in [3.8, 4) is 0 Å². The lowest BCUT2D eigenvalue weighted by Gasteiger charge is -2.17. The maximum absolute atomic E-state index is 12.3. The lowest BCUT2D eigenvalue weighted by atomic mass is 10.1. The van der Waals surface area contributed by atoms with Crippen molar-refractivity contribution in [3.05, 3.63) is 33.7 Å². The Balaban J connectivity index is 2.48. The van der Waals surface area contributed by atoms with Crippen molar-refractivity contribution < 1.29 is 19.8 Å². The molecule has 0 saturated carbocycles. The number of hydrogen-bond donors (Lipinski definition) is 3. The first-order valence-electron chi connectivity index (χ1n) is 6.27. The minimum Gasteiger partial charge on any atom is -0.480 e. The van der Waals surface area contributed by atoms with Crippen LogP contribution in [0.25, 0.3) is 5.65 Å². The summed E-state index contributed by atoms with van der Waals surface area (Å²) in [6.45, 7) is 2.86. The van der Waals surface area contributed by atoms with Crippen molar-refractivity contribution in [2.24, 2.45) is 0 Å². The van der Waals surface area contributed by atoms with Crippen LogP contribution in [0.3, 0.4) is 0 Å². The molecule has 3 N–H and O–H groups in total. The largest absolute Gasteiger partial charge is 0.480 e. The van der Waals surface area contributed by atoms with Crippen LogP contribution in [0.15, 0.2) is 12.3 Å². The second-order valence-corrected chi connectivity index (χ2v) is 5.62. The molecule has 7 nitrogen and oxygen atoms in total. The number of aliphatic hydroxyl groups excluding tert-OH is 1. The summed E-state index contributed by atoms with van der Waals surface area (Å²) in [4.78, 5) is 27.6. The monoisotopic (exact) mass is 345 g/mol. The van der Waals surface area contributed by atoms with Gasteiger partial charge in [-0.1, -0.05) is 23.2 Å². The van der Waals surface area contributed by atoms with Gasteiger partial charge in [-0.25, -0.2) is 9.78 Å². The molecule has 118 valence electrons.